The molecule has 0 aromatic heterocycles. The summed E-state index contributed by atoms with van der Waals surface area (Å²) in [4.78, 5) is 4.48. The van der Waals surface area contributed by atoms with Crippen molar-refractivity contribution in [3.05, 3.63) is 89.5 Å². The molecule has 0 saturated heterocycles. The minimum Gasteiger partial charge on any atom is -0.383 e. The van der Waals surface area contributed by atoms with Crippen LogP contribution in [0, 0.1) is 11.6 Å². The molecule has 0 amide bonds. The lowest BCUT2D eigenvalue weighted by atomic mass is 9.83. The van der Waals surface area contributed by atoms with E-state index in [1.165, 1.54) is 18.2 Å². The third kappa shape index (κ3) is 3.01. The van der Waals surface area contributed by atoms with Crippen LogP contribution in [0.3, 0.4) is 0 Å². The molecule has 4 rings (SSSR count). The van der Waals surface area contributed by atoms with Gasteiger partial charge in [-0.25, -0.2) is 8.78 Å². The van der Waals surface area contributed by atoms with Crippen molar-refractivity contribution in [2.24, 2.45) is 4.99 Å². The van der Waals surface area contributed by atoms with E-state index in [4.69, 9.17) is 0 Å². The fourth-order valence-corrected chi connectivity index (χ4v) is 3.65. The van der Waals surface area contributed by atoms with Crippen molar-refractivity contribution in [2.45, 2.75) is 30.9 Å². The summed E-state index contributed by atoms with van der Waals surface area (Å²) in [5.41, 5.74) is 1.35. The fraction of sp³-hybridized carbons (Fsp3) is 0.227. The predicted molar refractivity (Wildman–Crippen MR) is 99.0 cm³/mol. The largest absolute Gasteiger partial charge is 0.383 e. The Morgan fingerprint density at radius 1 is 1.00 bits per heavy atom. The van der Waals surface area contributed by atoms with Crippen molar-refractivity contribution >= 4 is 11.3 Å². The maximum absolute atomic E-state index is 14.0. The second-order valence-corrected chi connectivity index (χ2v) is 6.78. The van der Waals surface area contributed by atoms with Crippen LogP contribution in [0.25, 0.3) is 5.57 Å². The van der Waals surface area contributed by atoms with E-state index in [0.29, 0.717) is 25.0 Å². The summed E-state index contributed by atoms with van der Waals surface area (Å²) in [6.45, 7) is 0. The Morgan fingerprint density at radius 3 is 2.38 bits per heavy atom. The number of aliphatic imine (C=N–C) groups is 1. The van der Waals surface area contributed by atoms with E-state index in [2.05, 4.69) is 4.99 Å². The molecule has 2 aromatic carbocycles. The molecule has 1 aliphatic heterocycles. The normalized spacial score (nSPS) is 25.1. The quantitative estimate of drug-likeness (QED) is 0.855. The Morgan fingerprint density at radius 2 is 1.73 bits per heavy atom. The third-order valence-corrected chi connectivity index (χ3v) is 5.10. The standard InChI is InChI=1S/C22H19F2NO/c23-17-7-4-8-18(24)21(17)19-9-10-20(25-19)22(26)13-11-16(12-14-22)15-5-2-1-3-6-15/h1-8,11-13,20,26H,9-10,14H2/t20-,22?/m1/s1. The highest BCUT2D eigenvalue weighted by Crippen LogP contribution is 2.35. The summed E-state index contributed by atoms with van der Waals surface area (Å²) in [7, 11) is 0. The zero-order valence-electron chi connectivity index (χ0n) is 14.2. The predicted octanol–water partition coefficient (Wildman–Crippen LogP) is 4.69. The molecule has 1 unspecified atom stereocenters. The second kappa shape index (κ2) is 6.61. The van der Waals surface area contributed by atoms with Crippen molar-refractivity contribution in [3.63, 3.8) is 0 Å². The Balaban J connectivity index is 1.57. The molecule has 26 heavy (non-hydrogen) atoms. The SMILES string of the molecule is OC1([C@H]2CCC(c3c(F)cccc3F)=N2)C=CC(c2ccccc2)=CC1. The van der Waals surface area contributed by atoms with Gasteiger partial charge in [-0.1, -0.05) is 54.6 Å². The Hall–Kier alpha value is -2.59. The van der Waals surface area contributed by atoms with Gasteiger partial charge in [-0.05, 0) is 36.1 Å². The highest BCUT2D eigenvalue weighted by molar-refractivity contribution is 6.02. The summed E-state index contributed by atoms with van der Waals surface area (Å²) in [5.74, 6) is -1.22. The first-order valence-electron chi connectivity index (χ1n) is 8.75. The van der Waals surface area contributed by atoms with Gasteiger partial charge in [0.2, 0.25) is 0 Å². The van der Waals surface area contributed by atoms with E-state index < -0.39 is 23.3 Å². The summed E-state index contributed by atoms with van der Waals surface area (Å²) in [6, 6.07) is 13.4. The minimum absolute atomic E-state index is 0.0705. The van der Waals surface area contributed by atoms with Crippen molar-refractivity contribution in [1.82, 2.24) is 0 Å². The first kappa shape index (κ1) is 16.9. The van der Waals surface area contributed by atoms with Crippen LogP contribution in [-0.2, 0) is 0 Å². The smallest absolute Gasteiger partial charge is 0.135 e. The number of halogens is 2. The number of hydrogen-bond donors (Lipinski definition) is 1. The molecule has 132 valence electrons. The van der Waals surface area contributed by atoms with Crippen LogP contribution in [0.5, 0.6) is 0 Å². The monoisotopic (exact) mass is 351 g/mol. The molecular formula is C22H19F2NO. The van der Waals surface area contributed by atoms with Crippen LogP contribution in [-0.4, -0.2) is 22.5 Å². The van der Waals surface area contributed by atoms with E-state index in [1.54, 1.807) is 6.08 Å². The van der Waals surface area contributed by atoms with Gasteiger partial charge >= 0.3 is 0 Å². The van der Waals surface area contributed by atoms with Crippen LogP contribution in [0.1, 0.15) is 30.4 Å². The molecule has 1 heterocycles. The summed E-state index contributed by atoms with van der Waals surface area (Å²) in [5, 5.41) is 11.0. The van der Waals surface area contributed by atoms with Crippen molar-refractivity contribution < 1.29 is 13.9 Å². The fourth-order valence-electron chi connectivity index (χ4n) is 3.65. The summed E-state index contributed by atoms with van der Waals surface area (Å²) >= 11 is 0. The van der Waals surface area contributed by atoms with Gasteiger partial charge in [0.05, 0.1) is 11.6 Å². The molecule has 0 radical (unpaired) electrons. The lowest BCUT2D eigenvalue weighted by Gasteiger charge is -2.31. The first-order valence-corrected chi connectivity index (χ1v) is 8.75. The van der Waals surface area contributed by atoms with Crippen molar-refractivity contribution in [3.8, 4) is 0 Å². The van der Waals surface area contributed by atoms with Gasteiger partial charge < -0.3 is 5.11 Å². The summed E-state index contributed by atoms with van der Waals surface area (Å²) < 4.78 is 28.0. The molecule has 0 saturated carbocycles. The van der Waals surface area contributed by atoms with E-state index in [-0.39, 0.29) is 5.56 Å². The minimum atomic E-state index is -1.12. The molecule has 2 aromatic rings. The van der Waals surface area contributed by atoms with Crippen molar-refractivity contribution in [1.29, 1.82) is 0 Å². The van der Waals surface area contributed by atoms with Gasteiger partial charge in [-0.3, -0.25) is 4.99 Å². The molecule has 2 atom stereocenters. The van der Waals surface area contributed by atoms with Crippen LogP contribution < -0.4 is 0 Å². The van der Waals surface area contributed by atoms with Gasteiger partial charge in [0, 0.05) is 12.1 Å². The Kier molecular flexibility index (Phi) is 4.29. The molecule has 0 fully saturated rings. The van der Waals surface area contributed by atoms with Gasteiger partial charge in [0.25, 0.3) is 0 Å². The molecule has 1 aliphatic carbocycles. The lowest BCUT2D eigenvalue weighted by Crippen LogP contribution is -2.38. The van der Waals surface area contributed by atoms with E-state index >= 15 is 0 Å². The Bertz CT molecular complexity index is 897. The number of aliphatic hydroxyl groups is 1. The molecule has 4 heteroatoms. The molecular weight excluding hydrogens is 332 g/mol. The van der Waals surface area contributed by atoms with Gasteiger partial charge in [-0.2, -0.15) is 0 Å². The zero-order valence-corrected chi connectivity index (χ0v) is 14.2. The first-order chi connectivity index (χ1) is 12.6. The molecule has 0 bridgehead atoms. The van der Waals surface area contributed by atoms with Gasteiger partial charge in [0.1, 0.15) is 17.2 Å². The third-order valence-electron chi connectivity index (χ3n) is 5.10. The second-order valence-electron chi connectivity index (χ2n) is 6.78. The maximum Gasteiger partial charge on any atom is 0.135 e. The number of allylic oxidation sites excluding steroid dienone is 2. The van der Waals surface area contributed by atoms with Crippen LogP contribution in [0.2, 0.25) is 0 Å². The molecule has 0 spiro atoms. The van der Waals surface area contributed by atoms with Crippen LogP contribution >= 0.6 is 0 Å². The topological polar surface area (TPSA) is 32.6 Å². The number of rotatable bonds is 3. The molecule has 1 N–H and O–H groups in total. The van der Waals surface area contributed by atoms with E-state index in [0.717, 1.165) is 11.1 Å². The van der Waals surface area contributed by atoms with Gasteiger partial charge in [0.15, 0.2) is 0 Å². The Labute approximate surface area is 151 Å². The highest BCUT2D eigenvalue weighted by atomic mass is 19.1. The molecule has 2 aliphatic rings. The van der Waals surface area contributed by atoms with Crippen LogP contribution in [0.4, 0.5) is 8.78 Å². The van der Waals surface area contributed by atoms with Gasteiger partial charge in [-0.15, -0.1) is 0 Å². The highest BCUT2D eigenvalue weighted by Gasteiger charge is 2.38. The zero-order chi connectivity index (χ0) is 18.1. The average Bonchev–Trinajstić information content (AvgIpc) is 3.14. The molecule has 2 nitrogen and oxygen atoms in total. The number of nitrogens with zero attached hydrogens (tertiary/aromatic N) is 1. The average molecular weight is 351 g/mol. The maximum atomic E-state index is 14.0. The van der Waals surface area contributed by atoms with E-state index in [1.807, 2.05) is 42.5 Å². The van der Waals surface area contributed by atoms with Crippen molar-refractivity contribution in [2.75, 3.05) is 0 Å². The lowest BCUT2D eigenvalue weighted by molar-refractivity contribution is 0.0661. The summed E-state index contributed by atoms with van der Waals surface area (Å²) in [6.07, 6.45) is 7.11. The number of benzene rings is 2. The van der Waals surface area contributed by atoms with E-state index in [9.17, 15) is 13.9 Å². The van der Waals surface area contributed by atoms with Crippen LogP contribution in [0.15, 0.2) is 71.8 Å². The number of hydrogen-bond acceptors (Lipinski definition) is 2.